The number of hydrogen-bond acceptors (Lipinski definition) is 5. The molecular formula is C14H15NO4S. The molecule has 6 heteroatoms. The fourth-order valence-electron chi connectivity index (χ4n) is 1.65. The average molecular weight is 293 g/mol. The Morgan fingerprint density at radius 2 is 2.00 bits per heavy atom. The molecule has 0 N–H and O–H groups in total. The summed E-state index contributed by atoms with van der Waals surface area (Å²) in [5.74, 6) is 0.698. The fourth-order valence-corrected chi connectivity index (χ4v) is 2.63. The molecule has 0 aliphatic heterocycles. The lowest BCUT2D eigenvalue weighted by atomic mass is 10.2. The number of ether oxygens (including phenoxy) is 1. The highest BCUT2D eigenvalue weighted by Gasteiger charge is 2.18. The van der Waals surface area contributed by atoms with Crippen LogP contribution in [0.3, 0.4) is 0 Å². The van der Waals surface area contributed by atoms with Crippen molar-refractivity contribution in [1.82, 2.24) is 4.98 Å². The van der Waals surface area contributed by atoms with E-state index in [0.29, 0.717) is 12.4 Å². The molecule has 0 aliphatic carbocycles. The van der Waals surface area contributed by atoms with Gasteiger partial charge in [-0.25, -0.2) is 4.98 Å². The first-order chi connectivity index (χ1) is 9.53. The van der Waals surface area contributed by atoms with E-state index in [0.717, 1.165) is 5.56 Å². The molecule has 1 heterocycles. The molecule has 2 aromatic rings. The van der Waals surface area contributed by atoms with Gasteiger partial charge in [0.2, 0.25) is 5.88 Å². The topological polar surface area (TPSA) is 65.5 Å². The third-order valence-corrected chi connectivity index (χ3v) is 3.79. The minimum absolute atomic E-state index is 0.0408. The number of nitrogens with zero attached hydrogens (tertiary/aromatic N) is 1. The monoisotopic (exact) mass is 293 g/mol. The predicted molar refractivity (Wildman–Crippen MR) is 74.4 cm³/mol. The summed E-state index contributed by atoms with van der Waals surface area (Å²) in [7, 11) is -3.89. The Morgan fingerprint density at radius 3 is 2.60 bits per heavy atom. The maximum atomic E-state index is 12.1. The van der Waals surface area contributed by atoms with Crippen molar-refractivity contribution in [3.8, 4) is 11.6 Å². The molecule has 5 nitrogen and oxygen atoms in total. The molecule has 20 heavy (non-hydrogen) atoms. The van der Waals surface area contributed by atoms with Crippen molar-refractivity contribution in [3.63, 3.8) is 0 Å². The normalized spacial score (nSPS) is 11.1. The first-order valence-corrected chi connectivity index (χ1v) is 7.52. The Morgan fingerprint density at radius 1 is 1.20 bits per heavy atom. The highest BCUT2D eigenvalue weighted by molar-refractivity contribution is 7.87. The second-order valence-electron chi connectivity index (χ2n) is 4.07. The van der Waals surface area contributed by atoms with Crippen molar-refractivity contribution in [3.05, 3.63) is 48.2 Å². The van der Waals surface area contributed by atoms with Crippen LogP contribution in [-0.4, -0.2) is 20.0 Å². The molecule has 1 aromatic heterocycles. The van der Waals surface area contributed by atoms with E-state index in [9.17, 15) is 8.42 Å². The van der Waals surface area contributed by atoms with Gasteiger partial charge in [-0.15, -0.1) is 0 Å². The van der Waals surface area contributed by atoms with Crippen LogP contribution in [0.2, 0.25) is 0 Å². The Kier molecular flexibility index (Phi) is 4.24. The standard InChI is InChI=1S/C14H15NO4S/c1-3-18-13-8-7-12(10-11(13)2)20(16,17)19-14-6-4-5-9-15-14/h4-10H,3H2,1-2H3. The van der Waals surface area contributed by atoms with E-state index in [1.807, 2.05) is 6.92 Å². The maximum absolute atomic E-state index is 12.1. The first-order valence-electron chi connectivity index (χ1n) is 6.12. The first kappa shape index (κ1) is 14.3. The number of aromatic nitrogens is 1. The summed E-state index contributed by atoms with van der Waals surface area (Å²) < 4.78 is 34.6. The molecule has 0 fully saturated rings. The van der Waals surface area contributed by atoms with E-state index in [-0.39, 0.29) is 10.8 Å². The summed E-state index contributed by atoms with van der Waals surface area (Å²) in [6.07, 6.45) is 1.47. The van der Waals surface area contributed by atoms with Gasteiger partial charge in [0.1, 0.15) is 10.6 Å². The summed E-state index contributed by atoms with van der Waals surface area (Å²) in [5, 5.41) is 0. The summed E-state index contributed by atoms with van der Waals surface area (Å²) in [5.41, 5.74) is 0.734. The molecule has 0 amide bonds. The summed E-state index contributed by atoms with van der Waals surface area (Å²) in [6.45, 7) is 4.18. The van der Waals surface area contributed by atoms with Crippen LogP contribution in [0.15, 0.2) is 47.5 Å². The molecule has 2 rings (SSSR count). The van der Waals surface area contributed by atoms with Gasteiger partial charge < -0.3 is 8.92 Å². The molecule has 0 saturated heterocycles. The molecule has 0 spiro atoms. The predicted octanol–water partition coefficient (Wildman–Crippen LogP) is 2.56. The zero-order valence-electron chi connectivity index (χ0n) is 11.2. The van der Waals surface area contributed by atoms with Gasteiger partial charge in [0, 0.05) is 12.3 Å². The van der Waals surface area contributed by atoms with Crippen molar-refractivity contribution in [2.75, 3.05) is 6.61 Å². The Bertz CT molecular complexity index is 684. The molecule has 0 atom stereocenters. The van der Waals surface area contributed by atoms with Crippen LogP contribution in [0.5, 0.6) is 11.6 Å². The number of pyridine rings is 1. The highest BCUT2D eigenvalue weighted by atomic mass is 32.2. The van der Waals surface area contributed by atoms with E-state index in [1.165, 1.54) is 24.4 Å². The number of rotatable bonds is 5. The van der Waals surface area contributed by atoms with Crippen LogP contribution < -0.4 is 8.92 Å². The largest absolute Gasteiger partial charge is 0.494 e. The van der Waals surface area contributed by atoms with Gasteiger partial charge >= 0.3 is 10.1 Å². The second-order valence-corrected chi connectivity index (χ2v) is 5.61. The zero-order valence-corrected chi connectivity index (χ0v) is 12.1. The van der Waals surface area contributed by atoms with E-state index in [2.05, 4.69) is 4.98 Å². The van der Waals surface area contributed by atoms with Crippen molar-refractivity contribution >= 4 is 10.1 Å². The minimum atomic E-state index is -3.89. The lowest BCUT2D eigenvalue weighted by Gasteiger charge is -2.10. The molecule has 106 valence electrons. The van der Waals surface area contributed by atoms with Crippen molar-refractivity contribution in [2.24, 2.45) is 0 Å². The van der Waals surface area contributed by atoms with Gasteiger partial charge in [0.05, 0.1) is 6.61 Å². The van der Waals surface area contributed by atoms with Gasteiger partial charge in [-0.3, -0.25) is 0 Å². The summed E-state index contributed by atoms with van der Waals surface area (Å²) >= 11 is 0. The molecule has 0 saturated carbocycles. The molecular weight excluding hydrogens is 278 g/mol. The molecule has 0 aliphatic rings. The van der Waals surface area contributed by atoms with Crippen LogP contribution in [0.25, 0.3) is 0 Å². The van der Waals surface area contributed by atoms with Crippen LogP contribution in [0.1, 0.15) is 12.5 Å². The SMILES string of the molecule is CCOc1ccc(S(=O)(=O)Oc2ccccn2)cc1C. The Hall–Kier alpha value is -2.08. The van der Waals surface area contributed by atoms with Gasteiger partial charge in [-0.1, -0.05) is 6.07 Å². The van der Waals surface area contributed by atoms with Crippen LogP contribution in [0.4, 0.5) is 0 Å². The minimum Gasteiger partial charge on any atom is -0.494 e. The Labute approximate surface area is 118 Å². The Balaban J connectivity index is 2.28. The molecule has 0 bridgehead atoms. The van der Waals surface area contributed by atoms with Gasteiger partial charge in [-0.05, 0) is 43.7 Å². The van der Waals surface area contributed by atoms with E-state index in [4.69, 9.17) is 8.92 Å². The number of hydrogen-bond donors (Lipinski definition) is 0. The fraction of sp³-hybridized carbons (Fsp3) is 0.214. The van der Waals surface area contributed by atoms with E-state index < -0.39 is 10.1 Å². The summed E-state index contributed by atoms with van der Waals surface area (Å²) in [6, 6.07) is 9.41. The second kappa shape index (κ2) is 5.92. The van der Waals surface area contributed by atoms with Gasteiger partial charge in [-0.2, -0.15) is 8.42 Å². The third kappa shape index (κ3) is 3.27. The van der Waals surface area contributed by atoms with Crippen LogP contribution >= 0.6 is 0 Å². The molecule has 1 aromatic carbocycles. The smallest absolute Gasteiger partial charge is 0.340 e. The molecule has 0 radical (unpaired) electrons. The quantitative estimate of drug-likeness (QED) is 0.793. The number of aryl methyl sites for hydroxylation is 1. The highest BCUT2D eigenvalue weighted by Crippen LogP contribution is 2.23. The van der Waals surface area contributed by atoms with Crippen molar-refractivity contribution < 1.29 is 17.3 Å². The average Bonchev–Trinajstić information content (AvgIpc) is 2.42. The van der Waals surface area contributed by atoms with E-state index >= 15 is 0 Å². The van der Waals surface area contributed by atoms with E-state index in [1.54, 1.807) is 25.1 Å². The third-order valence-electron chi connectivity index (χ3n) is 2.57. The van der Waals surface area contributed by atoms with Crippen LogP contribution in [0, 0.1) is 6.92 Å². The van der Waals surface area contributed by atoms with Gasteiger partial charge in [0.25, 0.3) is 0 Å². The lowest BCUT2D eigenvalue weighted by Crippen LogP contribution is -2.11. The molecule has 0 unspecified atom stereocenters. The van der Waals surface area contributed by atoms with Crippen LogP contribution in [-0.2, 0) is 10.1 Å². The summed E-state index contributed by atoms with van der Waals surface area (Å²) in [4.78, 5) is 3.91. The maximum Gasteiger partial charge on any atom is 0.340 e. The van der Waals surface area contributed by atoms with Crippen molar-refractivity contribution in [2.45, 2.75) is 18.7 Å². The lowest BCUT2D eigenvalue weighted by molar-refractivity contribution is 0.337. The van der Waals surface area contributed by atoms with Gasteiger partial charge in [0.15, 0.2) is 0 Å². The van der Waals surface area contributed by atoms with Crippen molar-refractivity contribution in [1.29, 1.82) is 0 Å². The zero-order chi connectivity index (χ0) is 14.6. The number of benzene rings is 1.